The van der Waals surface area contributed by atoms with E-state index in [9.17, 15) is 14.4 Å². The number of benzene rings is 2. The number of aryl methyl sites for hydroxylation is 1. The summed E-state index contributed by atoms with van der Waals surface area (Å²) in [6, 6.07) is 12.4. The molecule has 1 saturated heterocycles. The second kappa shape index (κ2) is 9.93. The Bertz CT molecular complexity index is 1430. The van der Waals surface area contributed by atoms with Crippen molar-refractivity contribution in [1.29, 1.82) is 0 Å². The molecule has 2 aliphatic heterocycles. The van der Waals surface area contributed by atoms with Gasteiger partial charge < -0.3 is 14.4 Å². The van der Waals surface area contributed by atoms with E-state index in [0.29, 0.717) is 31.6 Å². The fourth-order valence-corrected chi connectivity index (χ4v) is 6.49. The molecule has 1 atom stereocenters. The maximum Gasteiger partial charge on any atom is 0.256 e. The first-order valence-electron chi connectivity index (χ1n) is 12.8. The Morgan fingerprint density at radius 2 is 1.81 bits per heavy atom. The number of Topliss-reactive ketones (excluding diaryl/α,β-unsaturated/α-hetero) is 1. The van der Waals surface area contributed by atoms with Gasteiger partial charge in [0.2, 0.25) is 5.91 Å². The van der Waals surface area contributed by atoms with Gasteiger partial charge >= 0.3 is 0 Å². The highest BCUT2D eigenvalue weighted by Gasteiger charge is 2.33. The standard InChI is InChI=1S/C30H32BrN3O3/c1-5-27(36)32-14-21(15-32)12-25(35)17-34-20(4)28(26-13-24(31)10-18(2)29(26)34)30(37)33-16-23-9-7-6-8-22(23)11-19(33)3/h5-10,13,19,21H,1,11-12,14-17H2,2-4H3. The minimum Gasteiger partial charge on any atom is -0.338 e. The lowest BCUT2D eigenvalue weighted by molar-refractivity contribution is -0.134. The summed E-state index contributed by atoms with van der Waals surface area (Å²) < 4.78 is 2.93. The van der Waals surface area contributed by atoms with Gasteiger partial charge in [0.25, 0.3) is 5.91 Å². The first kappa shape index (κ1) is 25.5. The third kappa shape index (κ3) is 4.65. The van der Waals surface area contributed by atoms with E-state index >= 15 is 0 Å². The van der Waals surface area contributed by atoms with E-state index in [4.69, 9.17) is 0 Å². The van der Waals surface area contributed by atoms with Crippen molar-refractivity contribution < 1.29 is 14.4 Å². The topological polar surface area (TPSA) is 62.6 Å². The fourth-order valence-electron chi connectivity index (χ4n) is 5.91. The van der Waals surface area contributed by atoms with E-state index in [1.54, 1.807) is 4.90 Å². The molecule has 1 unspecified atom stereocenters. The number of aromatic nitrogens is 1. The van der Waals surface area contributed by atoms with E-state index in [1.807, 2.05) is 41.5 Å². The van der Waals surface area contributed by atoms with Gasteiger partial charge in [-0.3, -0.25) is 14.4 Å². The van der Waals surface area contributed by atoms with Gasteiger partial charge in [0.1, 0.15) is 0 Å². The van der Waals surface area contributed by atoms with Gasteiger partial charge in [-0.05, 0) is 62.1 Å². The van der Waals surface area contributed by atoms with Crippen LogP contribution in [0.4, 0.5) is 0 Å². The molecule has 2 amide bonds. The molecule has 1 aromatic heterocycles. The van der Waals surface area contributed by atoms with Crippen LogP contribution in [0.1, 0.15) is 46.1 Å². The summed E-state index contributed by atoms with van der Waals surface area (Å²) in [4.78, 5) is 42.7. The molecule has 192 valence electrons. The summed E-state index contributed by atoms with van der Waals surface area (Å²) in [5.41, 5.74) is 5.92. The Hall–Kier alpha value is -3.19. The van der Waals surface area contributed by atoms with Gasteiger partial charge in [0.05, 0.1) is 17.6 Å². The number of carbonyl (C=O) groups is 3. The number of carbonyl (C=O) groups excluding carboxylic acids is 3. The van der Waals surface area contributed by atoms with Crippen molar-refractivity contribution in [3.8, 4) is 0 Å². The fraction of sp³-hybridized carbons (Fsp3) is 0.367. The maximum atomic E-state index is 14.1. The minimum absolute atomic E-state index is 0.00535. The van der Waals surface area contributed by atoms with Gasteiger partial charge in [-0.15, -0.1) is 0 Å². The second-order valence-corrected chi connectivity index (χ2v) is 11.4. The number of amides is 2. The molecule has 2 aliphatic rings. The predicted molar refractivity (Wildman–Crippen MR) is 148 cm³/mol. The van der Waals surface area contributed by atoms with Crippen molar-refractivity contribution in [1.82, 2.24) is 14.4 Å². The Balaban J connectivity index is 1.45. The average Bonchev–Trinajstić information content (AvgIpc) is 3.10. The zero-order valence-electron chi connectivity index (χ0n) is 21.6. The molecule has 0 N–H and O–H groups in total. The lowest BCUT2D eigenvalue weighted by Gasteiger charge is -2.38. The minimum atomic E-state index is -0.0881. The van der Waals surface area contributed by atoms with E-state index in [2.05, 4.69) is 47.6 Å². The molecule has 1 fully saturated rings. The quantitative estimate of drug-likeness (QED) is 0.388. The first-order valence-corrected chi connectivity index (χ1v) is 13.6. The summed E-state index contributed by atoms with van der Waals surface area (Å²) in [6.07, 6.45) is 2.56. The predicted octanol–water partition coefficient (Wildman–Crippen LogP) is 5.21. The van der Waals surface area contributed by atoms with Gasteiger partial charge in [-0.1, -0.05) is 46.8 Å². The molecule has 2 aromatic carbocycles. The summed E-state index contributed by atoms with van der Waals surface area (Å²) in [5, 5.41) is 0.875. The van der Waals surface area contributed by atoms with Crippen LogP contribution in [-0.2, 0) is 29.1 Å². The summed E-state index contributed by atoms with van der Waals surface area (Å²) in [6.45, 7) is 11.6. The van der Waals surface area contributed by atoms with Crippen LogP contribution in [-0.4, -0.2) is 51.1 Å². The number of nitrogens with zero attached hydrogens (tertiary/aromatic N) is 3. The number of rotatable bonds is 6. The normalized spacial score (nSPS) is 17.5. The number of halogens is 1. The summed E-state index contributed by atoms with van der Waals surface area (Å²) in [5.74, 6) is 0.196. The van der Waals surface area contributed by atoms with E-state index in [1.165, 1.54) is 17.2 Å². The zero-order valence-corrected chi connectivity index (χ0v) is 23.2. The highest BCUT2D eigenvalue weighted by Crippen LogP contribution is 2.35. The van der Waals surface area contributed by atoms with Crippen LogP contribution in [0.15, 0.2) is 53.5 Å². The number of hydrogen-bond acceptors (Lipinski definition) is 3. The number of fused-ring (bicyclic) bond motifs is 2. The first-order chi connectivity index (χ1) is 17.7. The maximum absolute atomic E-state index is 14.1. The van der Waals surface area contributed by atoms with Crippen LogP contribution in [0, 0.1) is 19.8 Å². The van der Waals surface area contributed by atoms with Crippen molar-refractivity contribution in [2.75, 3.05) is 13.1 Å². The molecule has 7 heteroatoms. The number of ketones is 1. The third-order valence-corrected chi connectivity index (χ3v) is 8.30. The van der Waals surface area contributed by atoms with Crippen molar-refractivity contribution in [3.05, 3.63) is 81.5 Å². The molecule has 0 saturated carbocycles. The van der Waals surface area contributed by atoms with Crippen LogP contribution in [0.5, 0.6) is 0 Å². The van der Waals surface area contributed by atoms with Gasteiger partial charge in [0, 0.05) is 53.6 Å². The monoisotopic (exact) mass is 561 g/mol. The molecular formula is C30H32BrN3O3. The third-order valence-electron chi connectivity index (χ3n) is 7.85. The molecule has 0 radical (unpaired) electrons. The average molecular weight is 563 g/mol. The molecule has 37 heavy (non-hydrogen) atoms. The van der Waals surface area contributed by atoms with E-state index < -0.39 is 0 Å². The second-order valence-electron chi connectivity index (χ2n) is 10.5. The van der Waals surface area contributed by atoms with Crippen LogP contribution < -0.4 is 0 Å². The molecule has 0 aliphatic carbocycles. The molecule has 3 aromatic rings. The highest BCUT2D eigenvalue weighted by molar-refractivity contribution is 9.10. The lowest BCUT2D eigenvalue weighted by atomic mass is 9.94. The van der Waals surface area contributed by atoms with Crippen molar-refractivity contribution >= 4 is 44.4 Å². The van der Waals surface area contributed by atoms with Gasteiger partial charge in [-0.2, -0.15) is 0 Å². The molecule has 5 rings (SSSR count). The van der Waals surface area contributed by atoms with Crippen molar-refractivity contribution in [2.24, 2.45) is 5.92 Å². The Morgan fingerprint density at radius 3 is 2.51 bits per heavy atom. The number of hydrogen-bond donors (Lipinski definition) is 0. The number of likely N-dealkylation sites (tertiary alicyclic amines) is 1. The Morgan fingerprint density at radius 1 is 1.11 bits per heavy atom. The van der Waals surface area contributed by atoms with Gasteiger partial charge in [-0.25, -0.2) is 0 Å². The lowest BCUT2D eigenvalue weighted by Crippen LogP contribution is -2.50. The van der Waals surface area contributed by atoms with Crippen molar-refractivity contribution in [2.45, 2.75) is 52.7 Å². The van der Waals surface area contributed by atoms with E-state index in [0.717, 1.165) is 33.1 Å². The molecule has 0 bridgehead atoms. The Kier molecular flexibility index (Phi) is 6.84. The smallest absolute Gasteiger partial charge is 0.256 e. The van der Waals surface area contributed by atoms with Crippen LogP contribution >= 0.6 is 15.9 Å². The molecular weight excluding hydrogens is 530 g/mol. The molecule has 6 nitrogen and oxygen atoms in total. The molecule has 3 heterocycles. The summed E-state index contributed by atoms with van der Waals surface area (Å²) in [7, 11) is 0. The SMILES string of the molecule is C=CC(=O)N1CC(CC(=O)Cn2c(C)c(C(=O)N3Cc4ccccc4CC3C)c3cc(Br)cc(C)c32)C1. The Labute approximate surface area is 226 Å². The van der Waals surface area contributed by atoms with Crippen LogP contribution in [0.2, 0.25) is 0 Å². The van der Waals surface area contributed by atoms with Crippen LogP contribution in [0.3, 0.4) is 0 Å². The molecule has 0 spiro atoms. The van der Waals surface area contributed by atoms with Crippen molar-refractivity contribution in [3.63, 3.8) is 0 Å². The van der Waals surface area contributed by atoms with Gasteiger partial charge in [0.15, 0.2) is 5.78 Å². The zero-order chi connectivity index (χ0) is 26.4. The highest BCUT2D eigenvalue weighted by atomic mass is 79.9. The summed E-state index contributed by atoms with van der Waals surface area (Å²) >= 11 is 3.61. The van der Waals surface area contributed by atoms with E-state index in [-0.39, 0.29) is 36.1 Å². The van der Waals surface area contributed by atoms with Crippen LogP contribution in [0.25, 0.3) is 10.9 Å². The largest absolute Gasteiger partial charge is 0.338 e.